The molecule has 76 valence electrons. The van der Waals surface area contributed by atoms with Crippen molar-refractivity contribution in [2.24, 2.45) is 0 Å². The van der Waals surface area contributed by atoms with Gasteiger partial charge in [-0.25, -0.2) is 0 Å². The lowest BCUT2D eigenvalue weighted by Crippen LogP contribution is -2.23. The number of hydrogen-bond donors (Lipinski definition) is 1. The fraction of sp³-hybridized carbons (Fsp3) is 0.500. The molecule has 0 spiro atoms. The maximum absolute atomic E-state index is 5.33. The molecule has 1 aliphatic rings. The summed E-state index contributed by atoms with van der Waals surface area (Å²) >= 11 is 0. The molecular weight excluding hydrogens is 174 g/mol. The summed E-state index contributed by atoms with van der Waals surface area (Å²) in [5.74, 6) is 1.02. The molecule has 1 fully saturated rings. The van der Waals surface area contributed by atoms with E-state index in [0.29, 0.717) is 6.04 Å². The summed E-state index contributed by atoms with van der Waals surface area (Å²) in [5.41, 5.74) is 1.31. The van der Waals surface area contributed by atoms with E-state index < -0.39 is 0 Å². The minimum absolute atomic E-state index is 0.645. The monoisotopic (exact) mass is 191 g/mol. The first-order chi connectivity index (χ1) is 6.90. The van der Waals surface area contributed by atoms with E-state index >= 15 is 0 Å². The summed E-state index contributed by atoms with van der Waals surface area (Å²) in [6.07, 6.45) is 3.68. The van der Waals surface area contributed by atoms with Crippen LogP contribution in [0.15, 0.2) is 24.3 Å². The van der Waals surface area contributed by atoms with Crippen molar-refractivity contribution in [2.75, 3.05) is 13.7 Å². The highest BCUT2D eigenvalue weighted by Crippen LogP contribution is 2.21. The summed E-state index contributed by atoms with van der Waals surface area (Å²) in [6.45, 7) is 1.17. The molecule has 1 aliphatic heterocycles. The SMILES string of the molecule is COc1ccccc1C[C@@H]1CCCN1. The van der Waals surface area contributed by atoms with Gasteiger partial charge >= 0.3 is 0 Å². The van der Waals surface area contributed by atoms with Crippen LogP contribution in [0.3, 0.4) is 0 Å². The summed E-state index contributed by atoms with van der Waals surface area (Å²) in [6, 6.07) is 8.92. The Bertz CT molecular complexity index is 292. The van der Waals surface area contributed by atoms with Crippen LogP contribution in [0.1, 0.15) is 18.4 Å². The molecule has 0 radical (unpaired) electrons. The van der Waals surface area contributed by atoms with Crippen molar-refractivity contribution in [3.8, 4) is 5.75 Å². The second kappa shape index (κ2) is 4.47. The van der Waals surface area contributed by atoms with Crippen molar-refractivity contribution in [3.63, 3.8) is 0 Å². The Morgan fingerprint density at radius 2 is 2.29 bits per heavy atom. The van der Waals surface area contributed by atoms with Gasteiger partial charge < -0.3 is 10.1 Å². The standard InChI is InChI=1S/C12H17NO/c1-14-12-7-3-2-5-10(12)9-11-6-4-8-13-11/h2-3,5,7,11,13H,4,6,8-9H2,1H3/t11-/m0/s1. The number of para-hydroxylation sites is 1. The van der Waals surface area contributed by atoms with E-state index in [0.717, 1.165) is 12.2 Å². The molecule has 2 rings (SSSR count). The Kier molecular flexibility index (Phi) is 3.04. The van der Waals surface area contributed by atoms with Crippen LogP contribution >= 0.6 is 0 Å². The molecule has 1 aromatic rings. The second-order valence-corrected chi connectivity index (χ2v) is 3.81. The van der Waals surface area contributed by atoms with Gasteiger partial charge in [-0.3, -0.25) is 0 Å². The van der Waals surface area contributed by atoms with Gasteiger partial charge in [-0.2, -0.15) is 0 Å². The number of nitrogens with one attached hydrogen (secondary N) is 1. The van der Waals surface area contributed by atoms with Crippen molar-refractivity contribution in [1.82, 2.24) is 5.32 Å². The van der Waals surface area contributed by atoms with Gasteiger partial charge in [0.25, 0.3) is 0 Å². The minimum atomic E-state index is 0.645. The van der Waals surface area contributed by atoms with E-state index in [1.54, 1.807) is 7.11 Å². The topological polar surface area (TPSA) is 21.3 Å². The fourth-order valence-electron chi connectivity index (χ4n) is 2.07. The van der Waals surface area contributed by atoms with Gasteiger partial charge in [0.05, 0.1) is 7.11 Å². The number of benzene rings is 1. The summed E-state index contributed by atoms with van der Waals surface area (Å²) in [4.78, 5) is 0. The lowest BCUT2D eigenvalue weighted by atomic mass is 10.0. The van der Waals surface area contributed by atoms with Crippen LogP contribution < -0.4 is 10.1 Å². The highest BCUT2D eigenvalue weighted by molar-refractivity contribution is 5.33. The maximum atomic E-state index is 5.33. The molecule has 1 N–H and O–H groups in total. The first-order valence-corrected chi connectivity index (χ1v) is 5.25. The maximum Gasteiger partial charge on any atom is 0.122 e. The van der Waals surface area contributed by atoms with Crippen molar-refractivity contribution < 1.29 is 4.74 Å². The van der Waals surface area contributed by atoms with Crippen LogP contribution in [0.5, 0.6) is 5.75 Å². The Balaban J connectivity index is 2.07. The lowest BCUT2D eigenvalue weighted by Gasteiger charge is -2.12. The van der Waals surface area contributed by atoms with Crippen LogP contribution in [-0.4, -0.2) is 19.7 Å². The molecule has 0 bridgehead atoms. The van der Waals surface area contributed by atoms with Crippen molar-refractivity contribution in [1.29, 1.82) is 0 Å². The fourth-order valence-corrected chi connectivity index (χ4v) is 2.07. The van der Waals surface area contributed by atoms with Gasteiger partial charge in [-0.05, 0) is 37.4 Å². The average Bonchev–Trinajstić information content (AvgIpc) is 2.71. The number of hydrogen-bond acceptors (Lipinski definition) is 2. The third kappa shape index (κ3) is 2.07. The van der Waals surface area contributed by atoms with E-state index in [1.165, 1.54) is 24.9 Å². The molecule has 0 unspecified atom stereocenters. The highest BCUT2D eigenvalue weighted by Gasteiger charge is 2.15. The van der Waals surface area contributed by atoms with E-state index in [-0.39, 0.29) is 0 Å². The molecule has 2 heteroatoms. The second-order valence-electron chi connectivity index (χ2n) is 3.81. The van der Waals surface area contributed by atoms with Gasteiger partial charge in [0, 0.05) is 6.04 Å². The third-order valence-corrected chi connectivity index (χ3v) is 2.82. The molecule has 1 aromatic carbocycles. The van der Waals surface area contributed by atoms with E-state index in [2.05, 4.69) is 17.4 Å². The Morgan fingerprint density at radius 1 is 1.43 bits per heavy atom. The molecule has 14 heavy (non-hydrogen) atoms. The molecule has 1 heterocycles. The van der Waals surface area contributed by atoms with E-state index in [1.807, 2.05) is 12.1 Å². The molecular formula is C12H17NO. The summed E-state index contributed by atoms with van der Waals surface area (Å²) in [5, 5.41) is 3.50. The molecule has 0 saturated carbocycles. The largest absolute Gasteiger partial charge is 0.496 e. The first-order valence-electron chi connectivity index (χ1n) is 5.25. The zero-order valence-electron chi connectivity index (χ0n) is 8.62. The minimum Gasteiger partial charge on any atom is -0.496 e. The van der Waals surface area contributed by atoms with Gasteiger partial charge in [-0.1, -0.05) is 18.2 Å². The highest BCUT2D eigenvalue weighted by atomic mass is 16.5. The molecule has 2 nitrogen and oxygen atoms in total. The zero-order valence-corrected chi connectivity index (χ0v) is 8.62. The van der Waals surface area contributed by atoms with Gasteiger partial charge in [0.2, 0.25) is 0 Å². The van der Waals surface area contributed by atoms with Gasteiger partial charge in [0.1, 0.15) is 5.75 Å². The van der Waals surface area contributed by atoms with Crippen LogP contribution in [0.4, 0.5) is 0 Å². The van der Waals surface area contributed by atoms with Crippen molar-refractivity contribution in [3.05, 3.63) is 29.8 Å². The molecule has 1 saturated heterocycles. The molecule has 0 aliphatic carbocycles. The normalized spacial score (nSPS) is 21.1. The van der Waals surface area contributed by atoms with Crippen molar-refractivity contribution >= 4 is 0 Å². The van der Waals surface area contributed by atoms with Crippen LogP contribution in [0.2, 0.25) is 0 Å². The van der Waals surface area contributed by atoms with Crippen LogP contribution in [0.25, 0.3) is 0 Å². The quantitative estimate of drug-likeness (QED) is 0.789. The Morgan fingerprint density at radius 3 is 3.00 bits per heavy atom. The smallest absolute Gasteiger partial charge is 0.122 e. The Hall–Kier alpha value is -1.02. The van der Waals surface area contributed by atoms with E-state index in [9.17, 15) is 0 Å². The van der Waals surface area contributed by atoms with Crippen LogP contribution in [0, 0.1) is 0 Å². The first kappa shape index (κ1) is 9.53. The van der Waals surface area contributed by atoms with Gasteiger partial charge in [0.15, 0.2) is 0 Å². The van der Waals surface area contributed by atoms with Crippen LogP contribution in [-0.2, 0) is 6.42 Å². The summed E-state index contributed by atoms with van der Waals surface area (Å²) < 4.78 is 5.33. The third-order valence-electron chi connectivity index (χ3n) is 2.82. The zero-order chi connectivity index (χ0) is 9.80. The molecule has 0 amide bonds. The summed E-state index contributed by atoms with van der Waals surface area (Å²) in [7, 11) is 1.74. The average molecular weight is 191 g/mol. The predicted molar refractivity (Wildman–Crippen MR) is 57.7 cm³/mol. The predicted octanol–water partition coefficient (Wildman–Crippen LogP) is 1.99. The number of ether oxygens (including phenoxy) is 1. The number of methoxy groups -OCH3 is 1. The van der Waals surface area contributed by atoms with Crippen molar-refractivity contribution in [2.45, 2.75) is 25.3 Å². The lowest BCUT2D eigenvalue weighted by molar-refractivity contribution is 0.407. The van der Waals surface area contributed by atoms with Gasteiger partial charge in [-0.15, -0.1) is 0 Å². The number of rotatable bonds is 3. The van der Waals surface area contributed by atoms with E-state index in [4.69, 9.17) is 4.74 Å². The molecule has 1 atom stereocenters. The Labute approximate surface area is 85.3 Å². The molecule has 0 aromatic heterocycles.